The van der Waals surface area contributed by atoms with E-state index < -0.39 is 11.0 Å². The van der Waals surface area contributed by atoms with Crippen LogP contribution in [0.15, 0.2) is 0 Å². The lowest BCUT2D eigenvalue weighted by Crippen LogP contribution is -2.48. The van der Waals surface area contributed by atoms with Crippen LogP contribution in [0.4, 0.5) is 0 Å². The van der Waals surface area contributed by atoms with Gasteiger partial charge in [-0.05, 0) is 33.1 Å². The molecule has 0 bridgehead atoms. The molecule has 1 aliphatic heterocycles. The van der Waals surface area contributed by atoms with Crippen LogP contribution in [0.2, 0.25) is 0 Å². The van der Waals surface area contributed by atoms with Gasteiger partial charge in [-0.1, -0.05) is 20.8 Å². The summed E-state index contributed by atoms with van der Waals surface area (Å²) in [6.45, 7) is 11.3. The molecule has 0 radical (unpaired) electrons. The van der Waals surface area contributed by atoms with E-state index in [-0.39, 0.29) is 30.4 Å². The van der Waals surface area contributed by atoms with Crippen molar-refractivity contribution in [2.24, 2.45) is 11.3 Å². The Balaban J connectivity index is 2.96. The highest BCUT2D eigenvalue weighted by atomic mass is 16.6. The van der Waals surface area contributed by atoms with Crippen molar-refractivity contribution in [2.75, 3.05) is 0 Å². The van der Waals surface area contributed by atoms with Crippen molar-refractivity contribution in [1.29, 1.82) is 0 Å². The average molecular weight is 256 g/mol. The summed E-state index contributed by atoms with van der Waals surface area (Å²) in [5, 5.41) is 0. The van der Waals surface area contributed by atoms with Gasteiger partial charge in [-0.2, -0.15) is 0 Å². The summed E-state index contributed by atoms with van der Waals surface area (Å²) in [5.41, 5.74) is -1.35. The van der Waals surface area contributed by atoms with Crippen LogP contribution in [0.25, 0.3) is 0 Å². The van der Waals surface area contributed by atoms with Crippen molar-refractivity contribution in [3.63, 3.8) is 0 Å². The van der Waals surface area contributed by atoms with Crippen LogP contribution in [0.1, 0.15) is 54.4 Å². The Hall–Kier alpha value is -1.06. The second kappa shape index (κ2) is 4.90. The van der Waals surface area contributed by atoms with Gasteiger partial charge in [0.2, 0.25) is 0 Å². The van der Waals surface area contributed by atoms with Crippen molar-refractivity contribution in [2.45, 2.75) is 66.1 Å². The Morgan fingerprint density at radius 1 is 1.56 bits per heavy atom. The molecule has 1 saturated heterocycles. The van der Waals surface area contributed by atoms with Gasteiger partial charge in [-0.15, -0.1) is 0 Å². The van der Waals surface area contributed by atoms with Crippen LogP contribution in [0.3, 0.4) is 0 Å². The monoisotopic (exact) mass is 256 g/mol. The molecule has 0 aromatic carbocycles. The van der Waals surface area contributed by atoms with Gasteiger partial charge < -0.3 is 9.47 Å². The van der Waals surface area contributed by atoms with Gasteiger partial charge in [0.05, 0.1) is 11.8 Å². The van der Waals surface area contributed by atoms with Crippen molar-refractivity contribution in [3.8, 4) is 0 Å². The summed E-state index contributed by atoms with van der Waals surface area (Å²) >= 11 is 0. The summed E-state index contributed by atoms with van der Waals surface area (Å²) in [5.74, 6) is -0.516. The molecule has 2 unspecified atom stereocenters. The van der Waals surface area contributed by atoms with E-state index in [1.807, 2.05) is 34.6 Å². The van der Waals surface area contributed by atoms with Crippen LogP contribution in [0, 0.1) is 11.3 Å². The number of hydrogen-bond donors (Lipinski definition) is 0. The zero-order valence-corrected chi connectivity index (χ0v) is 12.2. The van der Waals surface area contributed by atoms with Crippen molar-refractivity contribution in [3.05, 3.63) is 0 Å². The molecular formula is C14H24O4. The molecule has 0 saturated carbocycles. The lowest BCUT2D eigenvalue weighted by Gasteiger charge is -2.37. The number of carbonyl (C=O) groups is 2. The minimum absolute atomic E-state index is 0.0376. The molecule has 1 fully saturated rings. The van der Waals surface area contributed by atoms with Gasteiger partial charge in [0.15, 0.2) is 5.60 Å². The van der Waals surface area contributed by atoms with Gasteiger partial charge in [0.1, 0.15) is 6.10 Å². The number of hydrogen-bond acceptors (Lipinski definition) is 4. The number of cyclic esters (lactones) is 1. The Labute approximate surface area is 109 Å². The zero-order valence-electron chi connectivity index (χ0n) is 12.2. The second-order valence-electron chi connectivity index (χ2n) is 6.05. The summed E-state index contributed by atoms with van der Waals surface area (Å²) in [6, 6.07) is 0. The fourth-order valence-corrected chi connectivity index (χ4v) is 2.07. The van der Waals surface area contributed by atoms with Crippen molar-refractivity contribution < 1.29 is 19.1 Å². The molecule has 18 heavy (non-hydrogen) atoms. The molecule has 1 rings (SSSR count). The summed E-state index contributed by atoms with van der Waals surface area (Å²) in [6.07, 6.45) is 0.460. The molecular weight excluding hydrogens is 232 g/mol. The van der Waals surface area contributed by atoms with Crippen LogP contribution in [-0.2, 0) is 19.1 Å². The third kappa shape index (κ3) is 2.52. The van der Waals surface area contributed by atoms with Crippen LogP contribution in [0.5, 0.6) is 0 Å². The number of carbonyl (C=O) groups excluding carboxylic acids is 2. The minimum atomic E-state index is -0.819. The Morgan fingerprint density at radius 2 is 2.11 bits per heavy atom. The molecule has 1 heterocycles. The normalized spacial score (nSPS) is 28.4. The van der Waals surface area contributed by atoms with Gasteiger partial charge >= 0.3 is 11.9 Å². The molecule has 0 aromatic rings. The fraction of sp³-hybridized carbons (Fsp3) is 0.857. The summed E-state index contributed by atoms with van der Waals surface area (Å²) in [4.78, 5) is 23.7. The molecule has 0 aliphatic carbocycles. The van der Waals surface area contributed by atoms with Crippen molar-refractivity contribution >= 4 is 11.9 Å². The molecule has 2 atom stereocenters. The maximum absolute atomic E-state index is 12.2. The average Bonchev–Trinajstić information content (AvgIpc) is 2.54. The first-order chi connectivity index (χ1) is 8.15. The SMILES string of the molecule is CCC(C)(C)C(=O)OC1(C(C)C)CC(=O)OC1C. The highest BCUT2D eigenvalue weighted by molar-refractivity contribution is 5.79. The zero-order chi connectivity index (χ0) is 14.1. The van der Waals surface area contributed by atoms with Gasteiger partial charge in [-0.3, -0.25) is 9.59 Å². The fourth-order valence-electron chi connectivity index (χ4n) is 2.07. The molecule has 0 amide bonds. The van der Waals surface area contributed by atoms with E-state index in [1.54, 1.807) is 6.92 Å². The van der Waals surface area contributed by atoms with Gasteiger partial charge in [0.25, 0.3) is 0 Å². The van der Waals surface area contributed by atoms with E-state index in [1.165, 1.54) is 0 Å². The highest BCUT2D eigenvalue weighted by Crippen LogP contribution is 2.39. The highest BCUT2D eigenvalue weighted by Gasteiger charge is 2.53. The molecule has 4 heteroatoms. The molecule has 0 N–H and O–H groups in total. The lowest BCUT2D eigenvalue weighted by atomic mass is 9.83. The predicted octanol–water partition coefficient (Wildman–Crippen LogP) is 2.70. The first-order valence-corrected chi connectivity index (χ1v) is 6.58. The molecule has 104 valence electrons. The third-order valence-corrected chi connectivity index (χ3v) is 4.11. The molecule has 0 spiro atoms. The van der Waals surface area contributed by atoms with Crippen LogP contribution >= 0.6 is 0 Å². The van der Waals surface area contributed by atoms with Crippen LogP contribution in [-0.4, -0.2) is 23.6 Å². The summed E-state index contributed by atoms with van der Waals surface area (Å²) < 4.78 is 10.9. The topological polar surface area (TPSA) is 52.6 Å². The van der Waals surface area contributed by atoms with Crippen molar-refractivity contribution in [1.82, 2.24) is 0 Å². The quantitative estimate of drug-likeness (QED) is 0.726. The van der Waals surface area contributed by atoms with E-state index >= 15 is 0 Å². The largest absolute Gasteiger partial charge is 0.458 e. The molecule has 4 nitrogen and oxygen atoms in total. The first-order valence-electron chi connectivity index (χ1n) is 6.58. The molecule has 1 aliphatic rings. The van der Waals surface area contributed by atoms with E-state index in [4.69, 9.17) is 9.47 Å². The lowest BCUT2D eigenvalue weighted by molar-refractivity contribution is -0.182. The minimum Gasteiger partial charge on any atom is -0.458 e. The Bertz CT molecular complexity index is 346. The first kappa shape index (κ1) is 15.0. The maximum atomic E-state index is 12.2. The Kier molecular flexibility index (Phi) is 4.08. The summed E-state index contributed by atoms with van der Waals surface area (Å²) in [7, 11) is 0. The second-order valence-corrected chi connectivity index (χ2v) is 6.05. The van der Waals surface area contributed by atoms with E-state index in [0.29, 0.717) is 6.42 Å². The number of rotatable bonds is 4. The smallest absolute Gasteiger partial charge is 0.312 e. The van der Waals surface area contributed by atoms with Gasteiger partial charge in [-0.25, -0.2) is 0 Å². The van der Waals surface area contributed by atoms with Gasteiger partial charge in [0, 0.05) is 0 Å². The van der Waals surface area contributed by atoms with E-state index in [9.17, 15) is 9.59 Å². The Morgan fingerprint density at radius 3 is 2.44 bits per heavy atom. The third-order valence-electron chi connectivity index (χ3n) is 4.11. The maximum Gasteiger partial charge on any atom is 0.312 e. The number of ether oxygens (including phenoxy) is 2. The van der Waals surface area contributed by atoms with Crippen LogP contribution < -0.4 is 0 Å². The number of esters is 2. The predicted molar refractivity (Wildman–Crippen MR) is 67.9 cm³/mol. The molecule has 0 aromatic heterocycles. The van der Waals surface area contributed by atoms with E-state index in [2.05, 4.69) is 0 Å². The van der Waals surface area contributed by atoms with E-state index in [0.717, 1.165) is 0 Å². The standard InChI is InChI=1S/C14H24O4/c1-7-13(5,6)12(16)18-14(9(2)3)8-11(15)17-10(14)4/h9-10H,7-8H2,1-6H3.